The normalized spacial score (nSPS) is 10.4. The van der Waals surface area contributed by atoms with E-state index in [9.17, 15) is 9.59 Å². The summed E-state index contributed by atoms with van der Waals surface area (Å²) in [6.45, 7) is 0. The lowest BCUT2D eigenvalue weighted by Gasteiger charge is -2.15. The smallest absolute Gasteiger partial charge is 0.289 e. The Kier molecular flexibility index (Phi) is 5.53. The maximum absolute atomic E-state index is 12.8. The Morgan fingerprint density at radius 2 is 1.80 bits per heavy atom. The van der Waals surface area contributed by atoms with Crippen molar-refractivity contribution in [3.63, 3.8) is 0 Å². The van der Waals surface area contributed by atoms with Crippen molar-refractivity contribution >= 4 is 45.4 Å². The number of hydrogen-bond donors (Lipinski definition) is 3. The summed E-state index contributed by atoms with van der Waals surface area (Å²) in [4.78, 5) is 33.4. The van der Waals surface area contributed by atoms with E-state index >= 15 is 0 Å². The molecule has 0 unspecified atom stereocenters. The molecule has 0 fully saturated rings. The Hall–Kier alpha value is -3.98. The number of methoxy groups -OCH3 is 1. The predicted octanol–water partition coefficient (Wildman–Crippen LogP) is 3.71. The molecule has 0 atom stereocenters. The third-order valence-electron chi connectivity index (χ3n) is 4.34. The van der Waals surface area contributed by atoms with E-state index in [0.29, 0.717) is 33.9 Å². The third kappa shape index (κ3) is 4.06. The molecular formula is C21H17N5O3S. The number of ether oxygens (including phenoxy) is 1. The van der Waals surface area contributed by atoms with E-state index in [4.69, 9.17) is 4.74 Å². The molecule has 2 aromatic heterocycles. The molecule has 0 spiro atoms. The second-order valence-electron chi connectivity index (χ2n) is 6.20. The van der Waals surface area contributed by atoms with E-state index in [2.05, 4.69) is 26.1 Å². The molecule has 0 aliphatic rings. The number of pyridine rings is 1. The van der Waals surface area contributed by atoms with Gasteiger partial charge in [-0.25, -0.2) is 4.98 Å². The summed E-state index contributed by atoms with van der Waals surface area (Å²) < 4.78 is 5.13. The first-order chi connectivity index (χ1) is 14.7. The van der Waals surface area contributed by atoms with Crippen molar-refractivity contribution in [2.75, 3.05) is 17.9 Å². The molecule has 150 valence electrons. The molecule has 8 nitrogen and oxygen atoms in total. The van der Waals surface area contributed by atoms with Gasteiger partial charge in [0.15, 0.2) is 0 Å². The summed E-state index contributed by atoms with van der Waals surface area (Å²) >= 11 is 1.33. The summed E-state index contributed by atoms with van der Waals surface area (Å²) in [5, 5.41) is 5.29. The lowest BCUT2D eigenvalue weighted by Crippen LogP contribution is -2.30. The number of carbonyl (C=O) groups excluding carboxylic acids is 2. The number of aromatic nitrogens is 2. The van der Waals surface area contributed by atoms with E-state index < -0.39 is 5.91 Å². The molecule has 4 aromatic rings. The molecule has 2 heterocycles. The monoisotopic (exact) mass is 419 g/mol. The second kappa shape index (κ2) is 8.58. The standard InChI is InChI=1S/C21H17N5O3S/c1-29-14-8-6-13(7-9-14)20(27)24-19-15-4-2-3-5-16(15)22-10-17(19)25-26-21(28)18-11-30-12-23-18/h2-12,25H,1H3,(H,26,28)(H,22,24,27). The molecule has 2 aromatic carbocycles. The number of nitrogens with one attached hydrogen (secondary N) is 3. The fraction of sp³-hybridized carbons (Fsp3) is 0.0476. The van der Waals surface area contributed by atoms with Gasteiger partial charge in [-0.1, -0.05) is 18.2 Å². The quantitative estimate of drug-likeness (QED) is 0.412. The molecule has 0 saturated heterocycles. The van der Waals surface area contributed by atoms with Gasteiger partial charge in [0.25, 0.3) is 11.8 Å². The minimum absolute atomic E-state index is 0.296. The number of carbonyl (C=O) groups is 2. The molecule has 3 N–H and O–H groups in total. The van der Waals surface area contributed by atoms with Crippen LogP contribution in [0, 0.1) is 0 Å². The first-order valence-electron chi connectivity index (χ1n) is 8.93. The topological polar surface area (TPSA) is 105 Å². The van der Waals surface area contributed by atoms with Crippen molar-refractivity contribution < 1.29 is 14.3 Å². The van der Waals surface area contributed by atoms with Crippen LogP contribution in [0.5, 0.6) is 5.75 Å². The Bertz CT molecular complexity index is 1190. The fourth-order valence-corrected chi connectivity index (χ4v) is 3.34. The predicted molar refractivity (Wildman–Crippen MR) is 116 cm³/mol. The van der Waals surface area contributed by atoms with Crippen molar-refractivity contribution in [1.29, 1.82) is 0 Å². The van der Waals surface area contributed by atoms with Crippen molar-refractivity contribution in [2.24, 2.45) is 0 Å². The Balaban J connectivity index is 1.62. The average Bonchev–Trinajstić information content (AvgIpc) is 3.33. The van der Waals surface area contributed by atoms with Crippen LogP contribution in [0.25, 0.3) is 10.9 Å². The molecule has 0 aliphatic carbocycles. The van der Waals surface area contributed by atoms with Gasteiger partial charge in [-0.05, 0) is 30.3 Å². The van der Waals surface area contributed by atoms with Gasteiger partial charge in [-0.3, -0.25) is 25.4 Å². The van der Waals surface area contributed by atoms with Crippen LogP contribution in [-0.4, -0.2) is 28.9 Å². The Labute approximate surface area is 175 Å². The number of amides is 2. The zero-order valence-electron chi connectivity index (χ0n) is 15.9. The van der Waals surface area contributed by atoms with Crippen molar-refractivity contribution in [2.45, 2.75) is 0 Å². The molecule has 0 bridgehead atoms. The van der Waals surface area contributed by atoms with Gasteiger partial charge in [0.2, 0.25) is 0 Å². The SMILES string of the molecule is COc1ccc(C(=O)Nc2c(NNC(=O)c3cscn3)cnc3ccccc23)cc1. The van der Waals surface area contributed by atoms with Gasteiger partial charge < -0.3 is 10.1 Å². The Morgan fingerprint density at radius 3 is 2.53 bits per heavy atom. The molecule has 2 amide bonds. The van der Waals surface area contributed by atoms with Crippen LogP contribution in [0.3, 0.4) is 0 Å². The van der Waals surface area contributed by atoms with Crippen LogP contribution >= 0.6 is 11.3 Å². The number of thiazole rings is 1. The van der Waals surface area contributed by atoms with Gasteiger partial charge in [0.1, 0.15) is 11.4 Å². The summed E-state index contributed by atoms with van der Waals surface area (Å²) in [7, 11) is 1.57. The van der Waals surface area contributed by atoms with Gasteiger partial charge in [-0.2, -0.15) is 0 Å². The highest BCUT2D eigenvalue weighted by atomic mass is 32.1. The van der Waals surface area contributed by atoms with Gasteiger partial charge in [0, 0.05) is 16.3 Å². The van der Waals surface area contributed by atoms with Crippen molar-refractivity contribution in [1.82, 2.24) is 15.4 Å². The van der Waals surface area contributed by atoms with E-state index in [0.717, 1.165) is 5.39 Å². The number of para-hydroxylation sites is 1. The van der Waals surface area contributed by atoms with Crippen LogP contribution in [0.15, 0.2) is 65.6 Å². The zero-order valence-corrected chi connectivity index (χ0v) is 16.7. The number of anilines is 2. The number of benzene rings is 2. The number of rotatable bonds is 6. The summed E-state index contributed by atoms with van der Waals surface area (Å²) in [6, 6.07) is 14.2. The highest BCUT2D eigenvalue weighted by molar-refractivity contribution is 7.07. The number of nitrogens with zero attached hydrogens (tertiary/aromatic N) is 2. The van der Waals surface area contributed by atoms with Crippen LogP contribution < -0.4 is 20.9 Å². The highest BCUT2D eigenvalue weighted by Crippen LogP contribution is 2.30. The Morgan fingerprint density at radius 1 is 1.00 bits per heavy atom. The summed E-state index contributed by atoms with van der Waals surface area (Å²) in [5.41, 5.74) is 9.41. The molecule has 9 heteroatoms. The van der Waals surface area contributed by atoms with Crippen molar-refractivity contribution in [3.05, 3.63) is 76.9 Å². The highest BCUT2D eigenvalue weighted by Gasteiger charge is 2.15. The summed E-state index contributed by atoms with van der Waals surface area (Å²) in [6.07, 6.45) is 1.55. The van der Waals surface area contributed by atoms with Crippen LogP contribution in [0.4, 0.5) is 11.4 Å². The molecule has 0 radical (unpaired) electrons. The van der Waals surface area contributed by atoms with Crippen LogP contribution in [-0.2, 0) is 0 Å². The molecule has 0 saturated carbocycles. The van der Waals surface area contributed by atoms with Crippen molar-refractivity contribution in [3.8, 4) is 5.75 Å². The molecule has 0 aliphatic heterocycles. The van der Waals surface area contributed by atoms with Crippen LogP contribution in [0.1, 0.15) is 20.8 Å². The maximum atomic E-state index is 12.8. The number of hydrogen-bond acceptors (Lipinski definition) is 7. The first kappa shape index (κ1) is 19.3. The summed E-state index contributed by atoms with van der Waals surface area (Å²) in [5.74, 6) is -0.0345. The second-order valence-corrected chi connectivity index (χ2v) is 6.92. The first-order valence-corrected chi connectivity index (χ1v) is 9.87. The maximum Gasteiger partial charge on any atom is 0.289 e. The van der Waals surface area contributed by atoms with E-state index in [1.807, 2.05) is 24.3 Å². The molecule has 4 rings (SSSR count). The van der Waals surface area contributed by atoms with Gasteiger partial charge in [-0.15, -0.1) is 11.3 Å². The average molecular weight is 419 g/mol. The lowest BCUT2D eigenvalue weighted by molar-refractivity contribution is 0.0958. The van der Waals surface area contributed by atoms with Gasteiger partial charge >= 0.3 is 0 Å². The minimum atomic E-state index is -0.392. The molecular weight excluding hydrogens is 402 g/mol. The number of fused-ring (bicyclic) bond motifs is 1. The lowest BCUT2D eigenvalue weighted by atomic mass is 10.1. The van der Waals surface area contributed by atoms with E-state index in [-0.39, 0.29) is 5.91 Å². The zero-order chi connectivity index (χ0) is 20.9. The minimum Gasteiger partial charge on any atom is -0.497 e. The van der Waals surface area contributed by atoms with Crippen LogP contribution in [0.2, 0.25) is 0 Å². The van der Waals surface area contributed by atoms with E-state index in [1.165, 1.54) is 11.3 Å². The van der Waals surface area contributed by atoms with E-state index in [1.54, 1.807) is 48.5 Å². The molecule has 30 heavy (non-hydrogen) atoms. The van der Waals surface area contributed by atoms with Gasteiger partial charge in [0.05, 0.1) is 35.7 Å². The number of hydrazine groups is 1. The largest absolute Gasteiger partial charge is 0.497 e. The fourth-order valence-electron chi connectivity index (χ4n) is 2.81. The third-order valence-corrected chi connectivity index (χ3v) is 4.93.